The van der Waals surface area contributed by atoms with Crippen molar-refractivity contribution in [2.75, 3.05) is 6.54 Å². The first kappa shape index (κ1) is 24.1. The number of benzene rings is 3. The Balaban J connectivity index is 1.40. The predicted octanol–water partition coefficient (Wildman–Crippen LogP) is 5.28. The van der Waals surface area contributed by atoms with Crippen LogP contribution in [0.4, 0.5) is 0 Å². The molecule has 10 heteroatoms. The van der Waals surface area contributed by atoms with E-state index in [-0.39, 0.29) is 12.5 Å². The molecule has 1 heterocycles. The normalized spacial score (nSPS) is 11.7. The van der Waals surface area contributed by atoms with Gasteiger partial charge in [0.25, 0.3) is 0 Å². The lowest BCUT2D eigenvalue weighted by Gasteiger charge is -2.17. The Bertz CT molecular complexity index is 1190. The van der Waals surface area contributed by atoms with Crippen molar-refractivity contribution in [2.24, 2.45) is 0 Å². The maximum atomic E-state index is 13.0. The second kappa shape index (κ2) is 11.9. The van der Waals surface area contributed by atoms with Gasteiger partial charge in [-0.3, -0.25) is 4.79 Å². The molecule has 0 aliphatic heterocycles. The lowest BCUT2D eigenvalue weighted by molar-refractivity contribution is -0.120. The predicted molar refractivity (Wildman–Crippen MR) is 133 cm³/mol. The number of nitrogens with zero attached hydrogens (tertiary/aromatic N) is 3. The molecule has 3 aromatic carbocycles. The molecule has 4 aromatic rings. The maximum Gasteiger partial charge on any atom is 0.238 e. The van der Waals surface area contributed by atoms with Crippen LogP contribution >= 0.6 is 35.0 Å². The van der Waals surface area contributed by atoms with Crippen LogP contribution in [0.1, 0.15) is 22.2 Å². The molecule has 174 valence electrons. The van der Waals surface area contributed by atoms with Gasteiger partial charge in [-0.15, -0.1) is 16.9 Å². The van der Waals surface area contributed by atoms with Crippen LogP contribution in [0.25, 0.3) is 0 Å². The Hall–Kier alpha value is -3.07. The molecule has 0 aliphatic rings. The van der Waals surface area contributed by atoms with E-state index in [1.54, 1.807) is 18.2 Å². The number of H-pyrrole nitrogens is 1. The van der Waals surface area contributed by atoms with Gasteiger partial charge in [-0.05, 0) is 52.4 Å². The summed E-state index contributed by atoms with van der Waals surface area (Å²) < 4.78 is 5.86. The number of hydrogen-bond donors (Lipinski definition) is 2. The second-order valence-corrected chi connectivity index (χ2v) is 9.25. The molecule has 34 heavy (non-hydrogen) atoms. The van der Waals surface area contributed by atoms with Crippen LogP contribution in [-0.4, -0.2) is 33.1 Å². The minimum Gasteiger partial charge on any atom is -0.489 e. The summed E-state index contributed by atoms with van der Waals surface area (Å²) in [4.78, 5) is 14.0. The Morgan fingerprint density at radius 3 is 2.41 bits per heavy atom. The molecule has 0 radical (unpaired) electrons. The van der Waals surface area contributed by atoms with E-state index in [2.05, 4.69) is 25.9 Å². The third-order valence-electron chi connectivity index (χ3n) is 4.91. The lowest BCUT2D eigenvalue weighted by atomic mass is 10.1. The Morgan fingerprint density at radius 1 is 1.00 bits per heavy atom. The average Bonchev–Trinajstić information content (AvgIpc) is 3.37. The molecule has 0 bridgehead atoms. The zero-order valence-electron chi connectivity index (χ0n) is 17.9. The van der Waals surface area contributed by atoms with E-state index in [0.29, 0.717) is 34.6 Å². The topological polar surface area (TPSA) is 92.8 Å². The number of rotatable bonds is 10. The summed E-state index contributed by atoms with van der Waals surface area (Å²) in [7, 11) is 0. The van der Waals surface area contributed by atoms with Crippen molar-refractivity contribution in [1.29, 1.82) is 0 Å². The molecule has 0 aliphatic carbocycles. The van der Waals surface area contributed by atoms with E-state index in [1.807, 2.05) is 54.6 Å². The quantitative estimate of drug-likeness (QED) is 0.280. The number of hydrogen-bond acceptors (Lipinski definition) is 6. The fourth-order valence-electron chi connectivity index (χ4n) is 3.16. The number of nitrogens with one attached hydrogen (secondary N) is 2. The molecule has 2 N–H and O–H groups in total. The Morgan fingerprint density at radius 2 is 1.74 bits per heavy atom. The average molecular weight is 514 g/mol. The summed E-state index contributed by atoms with van der Waals surface area (Å²) in [5.41, 5.74) is 1.66. The fraction of sp³-hybridized carbons (Fsp3) is 0.167. The van der Waals surface area contributed by atoms with Crippen LogP contribution in [0, 0.1) is 0 Å². The van der Waals surface area contributed by atoms with Crippen molar-refractivity contribution < 1.29 is 9.53 Å². The van der Waals surface area contributed by atoms with Crippen LogP contribution in [0.15, 0.2) is 77.7 Å². The fourth-order valence-corrected chi connectivity index (χ4v) is 4.71. The lowest BCUT2D eigenvalue weighted by Crippen LogP contribution is -2.30. The molecular weight excluding hydrogens is 493 g/mol. The van der Waals surface area contributed by atoms with E-state index in [9.17, 15) is 4.79 Å². The molecule has 0 spiro atoms. The summed E-state index contributed by atoms with van der Waals surface area (Å²) >= 11 is 13.9. The summed E-state index contributed by atoms with van der Waals surface area (Å²) in [6.07, 6.45) is 0.520. The largest absolute Gasteiger partial charge is 0.489 e. The summed E-state index contributed by atoms with van der Waals surface area (Å²) in [6, 6.07) is 22.6. The minimum absolute atomic E-state index is 0.0858. The molecule has 0 saturated carbocycles. The first-order valence-corrected chi connectivity index (χ1v) is 12.1. The van der Waals surface area contributed by atoms with Crippen LogP contribution in [-0.2, 0) is 17.8 Å². The zero-order valence-corrected chi connectivity index (χ0v) is 20.3. The third-order valence-corrected chi connectivity index (χ3v) is 6.89. The van der Waals surface area contributed by atoms with Crippen molar-refractivity contribution >= 4 is 40.9 Å². The van der Waals surface area contributed by atoms with Gasteiger partial charge in [0.15, 0.2) is 0 Å². The number of ether oxygens (including phenoxy) is 1. The molecule has 1 amide bonds. The van der Waals surface area contributed by atoms with Crippen molar-refractivity contribution in [3.05, 3.63) is 99.8 Å². The monoisotopic (exact) mass is 513 g/mol. The van der Waals surface area contributed by atoms with Crippen molar-refractivity contribution in [2.45, 2.75) is 23.2 Å². The number of tetrazole rings is 1. The molecule has 1 atom stereocenters. The molecule has 0 saturated heterocycles. The zero-order chi connectivity index (χ0) is 23.8. The number of aromatic nitrogens is 4. The molecule has 0 fully saturated rings. The van der Waals surface area contributed by atoms with Crippen LogP contribution in [0.2, 0.25) is 10.0 Å². The highest BCUT2D eigenvalue weighted by Crippen LogP contribution is 2.36. The number of aromatic amines is 1. The van der Waals surface area contributed by atoms with E-state index < -0.39 is 5.25 Å². The summed E-state index contributed by atoms with van der Waals surface area (Å²) in [5.74, 6) is 1.22. The van der Waals surface area contributed by atoms with Gasteiger partial charge in [-0.25, -0.2) is 5.10 Å². The molecule has 1 unspecified atom stereocenters. The van der Waals surface area contributed by atoms with Gasteiger partial charge in [-0.1, -0.05) is 59.6 Å². The summed E-state index contributed by atoms with van der Waals surface area (Å²) in [5, 5.41) is 17.3. The third kappa shape index (κ3) is 6.50. The van der Waals surface area contributed by atoms with Gasteiger partial charge in [0, 0.05) is 33.5 Å². The van der Waals surface area contributed by atoms with Crippen molar-refractivity contribution in [1.82, 2.24) is 25.9 Å². The Labute approximate surface area is 211 Å². The van der Waals surface area contributed by atoms with E-state index in [4.69, 9.17) is 27.9 Å². The van der Waals surface area contributed by atoms with Gasteiger partial charge in [0.05, 0.1) is 0 Å². The first-order valence-electron chi connectivity index (χ1n) is 10.5. The summed E-state index contributed by atoms with van der Waals surface area (Å²) in [6.45, 7) is 0.692. The number of thioether (sulfide) groups is 1. The molecule has 1 aromatic heterocycles. The second-order valence-electron chi connectivity index (χ2n) is 7.26. The van der Waals surface area contributed by atoms with E-state index >= 15 is 0 Å². The number of carbonyl (C=O) groups excluding carboxylic acids is 1. The van der Waals surface area contributed by atoms with Crippen LogP contribution < -0.4 is 10.1 Å². The number of halogens is 2. The number of amides is 1. The highest BCUT2D eigenvalue weighted by atomic mass is 35.5. The molecule has 7 nitrogen and oxygen atoms in total. The van der Waals surface area contributed by atoms with Crippen LogP contribution in [0.3, 0.4) is 0 Å². The molecule has 4 rings (SSSR count). The minimum atomic E-state index is -0.414. The van der Waals surface area contributed by atoms with Crippen LogP contribution in [0.5, 0.6) is 5.75 Å². The van der Waals surface area contributed by atoms with Gasteiger partial charge in [0.1, 0.15) is 23.4 Å². The smallest absolute Gasteiger partial charge is 0.238 e. The van der Waals surface area contributed by atoms with Crippen molar-refractivity contribution in [3.8, 4) is 5.75 Å². The first-order chi connectivity index (χ1) is 16.6. The van der Waals surface area contributed by atoms with E-state index in [0.717, 1.165) is 16.0 Å². The highest BCUT2D eigenvalue weighted by Gasteiger charge is 2.22. The van der Waals surface area contributed by atoms with Gasteiger partial charge in [-0.2, -0.15) is 0 Å². The van der Waals surface area contributed by atoms with E-state index in [1.165, 1.54) is 11.8 Å². The van der Waals surface area contributed by atoms with Gasteiger partial charge < -0.3 is 10.1 Å². The SMILES string of the molecule is O=C(NCCc1nnn[nH]1)C(Sc1ccc(OCc2c(Cl)cccc2Cl)cc1)c1ccccc1. The Kier molecular flexibility index (Phi) is 8.41. The van der Waals surface area contributed by atoms with Gasteiger partial charge in [0.2, 0.25) is 5.91 Å². The van der Waals surface area contributed by atoms with Crippen molar-refractivity contribution in [3.63, 3.8) is 0 Å². The van der Waals surface area contributed by atoms with Gasteiger partial charge >= 0.3 is 0 Å². The maximum absolute atomic E-state index is 13.0. The number of carbonyl (C=O) groups is 1. The standard InChI is InChI=1S/C24H21Cl2N5O2S/c25-20-7-4-8-21(26)19(20)15-33-17-9-11-18(12-10-17)34-23(16-5-2-1-3-6-16)24(32)27-14-13-22-28-30-31-29-22/h1-12,23H,13-15H2,(H,27,32)(H,28,29,30,31). The molecular formula is C24H21Cl2N5O2S. The highest BCUT2D eigenvalue weighted by molar-refractivity contribution is 8.00.